The summed E-state index contributed by atoms with van der Waals surface area (Å²) >= 11 is 5.95. The summed E-state index contributed by atoms with van der Waals surface area (Å²) in [5, 5.41) is 3.44. The van der Waals surface area contributed by atoms with Crippen molar-refractivity contribution in [2.45, 2.75) is 6.04 Å². The maximum absolute atomic E-state index is 13.2. The molecule has 1 atom stereocenters. The molecule has 142 valence electrons. The van der Waals surface area contributed by atoms with Crippen LogP contribution in [0.3, 0.4) is 0 Å². The molecular formula is C22H17ClFNO3. The third-order valence-corrected chi connectivity index (χ3v) is 4.29. The third kappa shape index (κ3) is 5.18. The molecule has 0 aliphatic heterocycles. The number of carbonyl (C=O) groups is 2. The van der Waals surface area contributed by atoms with Crippen molar-refractivity contribution in [3.63, 3.8) is 0 Å². The summed E-state index contributed by atoms with van der Waals surface area (Å²) in [5.74, 6) is -1.79. The Balaban J connectivity index is 1.69. The molecule has 0 aliphatic rings. The second-order valence-electron chi connectivity index (χ2n) is 6.05. The van der Waals surface area contributed by atoms with E-state index in [0.717, 1.165) is 17.2 Å². The lowest BCUT2D eigenvalue weighted by molar-refractivity contribution is -0.124. The summed E-state index contributed by atoms with van der Waals surface area (Å²) in [7, 11) is 0. The van der Waals surface area contributed by atoms with Crippen LogP contribution in [0.4, 0.5) is 4.39 Å². The molecule has 4 nitrogen and oxygen atoms in total. The fourth-order valence-corrected chi connectivity index (χ4v) is 2.82. The number of halogens is 2. The molecule has 3 rings (SSSR count). The van der Waals surface area contributed by atoms with Crippen molar-refractivity contribution in [2.24, 2.45) is 0 Å². The van der Waals surface area contributed by atoms with Gasteiger partial charge in [-0.15, -0.1) is 0 Å². The van der Waals surface area contributed by atoms with E-state index in [0.29, 0.717) is 5.02 Å². The van der Waals surface area contributed by atoms with Crippen LogP contribution in [0.2, 0.25) is 5.02 Å². The highest BCUT2D eigenvalue weighted by Gasteiger charge is 2.18. The summed E-state index contributed by atoms with van der Waals surface area (Å²) in [6.07, 6.45) is 0. The Labute approximate surface area is 166 Å². The first-order valence-corrected chi connectivity index (χ1v) is 8.93. The number of ether oxygens (including phenoxy) is 1. The highest BCUT2D eigenvalue weighted by atomic mass is 35.5. The quantitative estimate of drug-likeness (QED) is 0.621. The number of carbonyl (C=O) groups excluding carboxylic acids is 2. The van der Waals surface area contributed by atoms with Gasteiger partial charge in [-0.1, -0.05) is 60.1 Å². The van der Waals surface area contributed by atoms with Crippen LogP contribution in [-0.4, -0.2) is 18.5 Å². The summed E-state index contributed by atoms with van der Waals surface area (Å²) in [6, 6.07) is 21.2. The molecule has 0 aromatic heterocycles. The number of amides is 1. The number of esters is 1. The zero-order valence-corrected chi connectivity index (χ0v) is 15.5. The molecular weight excluding hydrogens is 381 g/mol. The fourth-order valence-electron chi connectivity index (χ4n) is 2.69. The standard InChI is InChI=1S/C22H17ClFNO3/c23-18-11-9-16(10-12-18)21(15-5-2-1-3-6-15)25-20(26)14-28-22(27)17-7-4-8-19(24)13-17/h1-13,21H,14H2,(H,25,26). The van der Waals surface area contributed by atoms with Gasteiger partial charge in [-0.05, 0) is 41.5 Å². The van der Waals surface area contributed by atoms with Gasteiger partial charge in [0.1, 0.15) is 5.82 Å². The highest BCUT2D eigenvalue weighted by molar-refractivity contribution is 6.30. The smallest absolute Gasteiger partial charge is 0.338 e. The predicted octanol–water partition coefficient (Wildman–Crippen LogP) is 4.54. The Morgan fingerprint density at radius 1 is 0.929 bits per heavy atom. The first kappa shape index (κ1) is 19.6. The lowest BCUT2D eigenvalue weighted by Gasteiger charge is -2.20. The van der Waals surface area contributed by atoms with E-state index in [4.69, 9.17) is 16.3 Å². The van der Waals surface area contributed by atoms with Crippen LogP contribution in [0.15, 0.2) is 78.9 Å². The van der Waals surface area contributed by atoms with Crippen LogP contribution in [0.5, 0.6) is 0 Å². The Morgan fingerprint density at radius 3 is 2.29 bits per heavy atom. The summed E-state index contributed by atoms with van der Waals surface area (Å²) in [4.78, 5) is 24.4. The average Bonchev–Trinajstić information content (AvgIpc) is 2.71. The van der Waals surface area contributed by atoms with Gasteiger partial charge in [0.15, 0.2) is 6.61 Å². The maximum atomic E-state index is 13.2. The zero-order valence-electron chi connectivity index (χ0n) is 14.8. The third-order valence-electron chi connectivity index (χ3n) is 4.04. The van der Waals surface area contributed by atoms with Gasteiger partial charge in [0.25, 0.3) is 5.91 Å². The Hall–Kier alpha value is -3.18. The van der Waals surface area contributed by atoms with Gasteiger partial charge in [0.2, 0.25) is 0 Å². The normalized spacial score (nSPS) is 11.5. The van der Waals surface area contributed by atoms with Crippen molar-refractivity contribution < 1.29 is 18.7 Å². The van der Waals surface area contributed by atoms with E-state index in [-0.39, 0.29) is 5.56 Å². The topological polar surface area (TPSA) is 55.4 Å². The molecule has 0 spiro atoms. The molecule has 0 radical (unpaired) electrons. The lowest BCUT2D eigenvalue weighted by atomic mass is 9.99. The van der Waals surface area contributed by atoms with E-state index in [1.54, 1.807) is 12.1 Å². The van der Waals surface area contributed by atoms with Gasteiger partial charge in [0.05, 0.1) is 11.6 Å². The van der Waals surface area contributed by atoms with E-state index in [1.807, 2.05) is 42.5 Å². The molecule has 0 fully saturated rings. The second-order valence-corrected chi connectivity index (χ2v) is 6.49. The summed E-state index contributed by atoms with van der Waals surface area (Å²) in [5.41, 5.74) is 1.75. The first-order chi connectivity index (χ1) is 13.5. The molecule has 0 saturated carbocycles. The van der Waals surface area contributed by atoms with Gasteiger partial charge in [-0.25, -0.2) is 9.18 Å². The SMILES string of the molecule is O=C(COC(=O)c1cccc(F)c1)NC(c1ccccc1)c1ccc(Cl)cc1. The molecule has 28 heavy (non-hydrogen) atoms. The van der Waals surface area contributed by atoms with Crippen LogP contribution < -0.4 is 5.32 Å². The number of nitrogens with one attached hydrogen (secondary N) is 1. The monoisotopic (exact) mass is 397 g/mol. The summed E-state index contributed by atoms with van der Waals surface area (Å²) < 4.78 is 18.2. The van der Waals surface area contributed by atoms with Crippen molar-refractivity contribution in [3.05, 3.63) is 106 Å². The minimum Gasteiger partial charge on any atom is -0.452 e. The molecule has 0 heterocycles. The predicted molar refractivity (Wildman–Crippen MR) is 105 cm³/mol. The van der Waals surface area contributed by atoms with E-state index in [1.165, 1.54) is 18.2 Å². The molecule has 1 N–H and O–H groups in total. The molecule has 6 heteroatoms. The van der Waals surface area contributed by atoms with Crippen LogP contribution in [0.1, 0.15) is 27.5 Å². The Morgan fingerprint density at radius 2 is 1.61 bits per heavy atom. The van der Waals surface area contributed by atoms with Crippen LogP contribution in [-0.2, 0) is 9.53 Å². The largest absolute Gasteiger partial charge is 0.452 e. The van der Waals surface area contributed by atoms with Crippen LogP contribution >= 0.6 is 11.6 Å². The van der Waals surface area contributed by atoms with Crippen molar-refractivity contribution in [1.82, 2.24) is 5.32 Å². The van der Waals surface area contributed by atoms with Crippen molar-refractivity contribution in [3.8, 4) is 0 Å². The zero-order chi connectivity index (χ0) is 19.9. The van der Waals surface area contributed by atoms with Gasteiger partial charge in [-0.2, -0.15) is 0 Å². The fraction of sp³-hybridized carbons (Fsp3) is 0.0909. The van der Waals surface area contributed by atoms with Gasteiger partial charge in [0, 0.05) is 5.02 Å². The van der Waals surface area contributed by atoms with Crippen molar-refractivity contribution in [1.29, 1.82) is 0 Å². The van der Waals surface area contributed by atoms with E-state index >= 15 is 0 Å². The maximum Gasteiger partial charge on any atom is 0.338 e. The van der Waals surface area contributed by atoms with Gasteiger partial charge in [-0.3, -0.25) is 4.79 Å². The van der Waals surface area contributed by atoms with Crippen LogP contribution in [0.25, 0.3) is 0 Å². The summed E-state index contributed by atoms with van der Waals surface area (Å²) in [6.45, 7) is -0.480. The van der Waals surface area contributed by atoms with Crippen LogP contribution in [0, 0.1) is 5.82 Å². The molecule has 1 amide bonds. The van der Waals surface area contributed by atoms with Crippen molar-refractivity contribution in [2.75, 3.05) is 6.61 Å². The number of hydrogen-bond acceptors (Lipinski definition) is 3. The van der Waals surface area contributed by atoms with Gasteiger partial charge < -0.3 is 10.1 Å². The molecule has 3 aromatic carbocycles. The van der Waals surface area contributed by atoms with E-state index in [2.05, 4.69) is 5.32 Å². The lowest BCUT2D eigenvalue weighted by Crippen LogP contribution is -2.33. The minimum absolute atomic E-state index is 0.0464. The molecule has 0 saturated heterocycles. The first-order valence-electron chi connectivity index (χ1n) is 8.55. The van der Waals surface area contributed by atoms with E-state index < -0.39 is 30.3 Å². The molecule has 3 aromatic rings. The van der Waals surface area contributed by atoms with Crippen molar-refractivity contribution >= 4 is 23.5 Å². The Bertz CT molecular complexity index is 961. The Kier molecular flexibility index (Phi) is 6.40. The van der Waals surface area contributed by atoms with Gasteiger partial charge >= 0.3 is 5.97 Å². The minimum atomic E-state index is -0.766. The number of benzene rings is 3. The number of hydrogen-bond donors (Lipinski definition) is 1. The average molecular weight is 398 g/mol. The highest BCUT2D eigenvalue weighted by Crippen LogP contribution is 2.23. The second kappa shape index (κ2) is 9.15. The molecule has 1 unspecified atom stereocenters. The molecule has 0 bridgehead atoms. The molecule has 0 aliphatic carbocycles. The van der Waals surface area contributed by atoms with E-state index in [9.17, 15) is 14.0 Å². The number of rotatable bonds is 6.